The van der Waals surface area contributed by atoms with Crippen LogP contribution in [0, 0.1) is 0 Å². The summed E-state index contributed by atoms with van der Waals surface area (Å²) in [6.45, 7) is 0.709. The molecule has 6 nitrogen and oxygen atoms in total. The van der Waals surface area contributed by atoms with Gasteiger partial charge in [0, 0.05) is 10.9 Å². The number of ketones is 1. The Morgan fingerprint density at radius 1 is 1.03 bits per heavy atom. The molecule has 150 valence electrons. The van der Waals surface area contributed by atoms with Gasteiger partial charge in [-0.05, 0) is 43.7 Å². The molecule has 0 radical (unpaired) electrons. The lowest BCUT2D eigenvalue weighted by molar-refractivity contribution is -0.124. The van der Waals surface area contributed by atoms with Gasteiger partial charge >= 0.3 is 0 Å². The van der Waals surface area contributed by atoms with Gasteiger partial charge in [0.15, 0.2) is 5.76 Å². The third-order valence-electron chi connectivity index (χ3n) is 4.99. The molecule has 1 fully saturated rings. The van der Waals surface area contributed by atoms with Crippen molar-refractivity contribution in [1.29, 1.82) is 0 Å². The van der Waals surface area contributed by atoms with E-state index >= 15 is 0 Å². The summed E-state index contributed by atoms with van der Waals surface area (Å²) >= 11 is 0. The van der Waals surface area contributed by atoms with Crippen LogP contribution < -0.4 is 5.32 Å². The van der Waals surface area contributed by atoms with Crippen LogP contribution in [0.15, 0.2) is 65.1 Å². The molecule has 0 bridgehead atoms. The molecule has 1 aliphatic heterocycles. The molecule has 1 aromatic heterocycles. The van der Waals surface area contributed by atoms with Crippen LogP contribution in [0.1, 0.15) is 33.8 Å². The van der Waals surface area contributed by atoms with Crippen molar-refractivity contribution in [3.05, 3.63) is 72.0 Å². The first-order chi connectivity index (χ1) is 13.6. The Kier molecular flexibility index (Phi) is 6.46. The van der Waals surface area contributed by atoms with E-state index in [1.807, 2.05) is 29.2 Å². The molecular formula is C22H21ClN2O4. The third-order valence-corrected chi connectivity index (χ3v) is 4.99. The van der Waals surface area contributed by atoms with E-state index in [0.717, 1.165) is 11.8 Å². The van der Waals surface area contributed by atoms with Crippen LogP contribution >= 0.6 is 12.4 Å². The molecule has 2 amide bonds. The Balaban J connectivity index is 0.00000240. The Bertz CT molecular complexity index is 998. The van der Waals surface area contributed by atoms with Crippen molar-refractivity contribution in [2.45, 2.75) is 18.9 Å². The summed E-state index contributed by atoms with van der Waals surface area (Å²) in [6.07, 6.45) is 1.41. The number of para-hydroxylation sites is 1. The average Bonchev–Trinajstić information content (AvgIpc) is 3.35. The highest BCUT2D eigenvalue weighted by atomic mass is 35.5. The van der Waals surface area contributed by atoms with E-state index in [9.17, 15) is 14.4 Å². The smallest absolute Gasteiger partial charge is 0.257 e. The van der Waals surface area contributed by atoms with Crippen molar-refractivity contribution in [2.75, 3.05) is 13.1 Å². The number of nitrogens with one attached hydrogen (secondary N) is 1. The topological polar surface area (TPSA) is 79.6 Å². The molecule has 1 aliphatic rings. The minimum absolute atomic E-state index is 0. The fraction of sp³-hybridized carbons (Fsp3) is 0.227. The zero-order chi connectivity index (χ0) is 19.5. The molecule has 1 N–H and O–H groups in total. The van der Waals surface area contributed by atoms with Gasteiger partial charge in [-0.25, -0.2) is 0 Å². The number of benzene rings is 2. The highest BCUT2D eigenvalue weighted by Gasteiger charge is 2.33. The van der Waals surface area contributed by atoms with E-state index in [1.54, 1.807) is 36.4 Å². The maximum atomic E-state index is 12.6. The Morgan fingerprint density at radius 3 is 2.52 bits per heavy atom. The van der Waals surface area contributed by atoms with E-state index in [4.69, 9.17) is 4.42 Å². The number of likely N-dealkylation sites (tertiary alicyclic amines) is 1. The van der Waals surface area contributed by atoms with Crippen LogP contribution in [0.25, 0.3) is 11.0 Å². The number of furan rings is 1. The second kappa shape index (κ2) is 9.03. The van der Waals surface area contributed by atoms with Crippen molar-refractivity contribution < 1.29 is 18.8 Å². The highest BCUT2D eigenvalue weighted by molar-refractivity contribution is 6.06. The first-order valence-electron chi connectivity index (χ1n) is 9.28. The summed E-state index contributed by atoms with van der Waals surface area (Å²) in [6, 6.07) is 17.3. The van der Waals surface area contributed by atoms with E-state index in [-0.39, 0.29) is 36.4 Å². The molecule has 3 aromatic rings. The summed E-state index contributed by atoms with van der Waals surface area (Å²) in [4.78, 5) is 39.3. The fourth-order valence-electron chi connectivity index (χ4n) is 3.55. The predicted octanol–water partition coefficient (Wildman–Crippen LogP) is 3.46. The molecule has 7 heteroatoms. The van der Waals surface area contributed by atoms with E-state index < -0.39 is 11.9 Å². The normalized spacial score (nSPS) is 16.3. The molecule has 0 unspecified atom stereocenters. The summed E-state index contributed by atoms with van der Waals surface area (Å²) in [7, 11) is 0. The number of halogens is 1. The second-order valence-corrected chi connectivity index (χ2v) is 6.88. The summed E-state index contributed by atoms with van der Waals surface area (Å²) in [5.41, 5.74) is 1.09. The van der Waals surface area contributed by atoms with Gasteiger partial charge in [0.05, 0.1) is 12.6 Å². The lowest BCUT2D eigenvalue weighted by atomic mass is 10.1. The monoisotopic (exact) mass is 412 g/mol. The summed E-state index contributed by atoms with van der Waals surface area (Å²) < 4.78 is 5.63. The van der Waals surface area contributed by atoms with Gasteiger partial charge < -0.3 is 4.42 Å². The van der Waals surface area contributed by atoms with Crippen LogP contribution in [0.3, 0.4) is 0 Å². The van der Waals surface area contributed by atoms with Crippen LogP contribution in [-0.2, 0) is 4.79 Å². The molecule has 2 heterocycles. The van der Waals surface area contributed by atoms with Crippen molar-refractivity contribution in [3.8, 4) is 0 Å². The molecule has 4 rings (SSSR count). The molecule has 0 aliphatic carbocycles. The summed E-state index contributed by atoms with van der Waals surface area (Å²) in [5.74, 6) is -0.692. The Hall–Kier alpha value is -2.96. The van der Waals surface area contributed by atoms with Crippen molar-refractivity contribution >= 4 is 41.0 Å². The van der Waals surface area contributed by atoms with Gasteiger partial charge in [0.25, 0.3) is 5.91 Å². The Morgan fingerprint density at radius 2 is 1.76 bits per heavy atom. The third kappa shape index (κ3) is 4.55. The Labute approximate surface area is 174 Å². The van der Waals surface area contributed by atoms with Crippen LogP contribution in [0.4, 0.5) is 0 Å². The van der Waals surface area contributed by atoms with Gasteiger partial charge in [-0.15, -0.1) is 12.4 Å². The number of hydrogen-bond donors (Lipinski definition) is 1. The molecule has 2 aromatic carbocycles. The zero-order valence-electron chi connectivity index (χ0n) is 15.7. The van der Waals surface area contributed by atoms with Gasteiger partial charge in [-0.3, -0.25) is 24.6 Å². The molecular weight excluding hydrogens is 392 g/mol. The van der Waals surface area contributed by atoms with Crippen LogP contribution in [0.5, 0.6) is 0 Å². The average molecular weight is 413 g/mol. The maximum absolute atomic E-state index is 12.6. The van der Waals surface area contributed by atoms with E-state index in [1.165, 1.54) is 0 Å². The fourth-order valence-corrected chi connectivity index (χ4v) is 3.55. The number of carbonyl (C=O) groups is 3. The predicted molar refractivity (Wildman–Crippen MR) is 111 cm³/mol. The SMILES string of the molecule is Cl.O=C(NC(=O)[C@H]1CCCN1CC(=O)c1cc2ccccc2o1)c1ccccc1. The summed E-state index contributed by atoms with van der Waals surface area (Å²) in [5, 5.41) is 3.32. The number of rotatable bonds is 5. The number of nitrogens with zero attached hydrogens (tertiary/aromatic N) is 1. The minimum Gasteiger partial charge on any atom is -0.453 e. The van der Waals surface area contributed by atoms with Crippen LogP contribution in [-0.4, -0.2) is 41.6 Å². The highest BCUT2D eigenvalue weighted by Crippen LogP contribution is 2.22. The number of amides is 2. The van der Waals surface area contributed by atoms with Gasteiger partial charge in [-0.2, -0.15) is 0 Å². The quantitative estimate of drug-likeness (QED) is 0.512. The number of fused-ring (bicyclic) bond motifs is 1. The first kappa shape index (κ1) is 20.8. The van der Waals surface area contributed by atoms with E-state index in [0.29, 0.717) is 24.1 Å². The minimum atomic E-state index is -0.499. The molecule has 0 saturated carbocycles. The molecule has 1 atom stereocenters. The molecule has 29 heavy (non-hydrogen) atoms. The van der Waals surface area contributed by atoms with Gasteiger partial charge in [0.2, 0.25) is 11.7 Å². The maximum Gasteiger partial charge on any atom is 0.257 e. The van der Waals surface area contributed by atoms with Gasteiger partial charge in [0.1, 0.15) is 5.58 Å². The van der Waals surface area contributed by atoms with Crippen molar-refractivity contribution in [3.63, 3.8) is 0 Å². The number of hydrogen-bond acceptors (Lipinski definition) is 5. The van der Waals surface area contributed by atoms with Crippen molar-refractivity contribution in [2.24, 2.45) is 0 Å². The zero-order valence-corrected chi connectivity index (χ0v) is 16.5. The van der Waals surface area contributed by atoms with Gasteiger partial charge in [-0.1, -0.05) is 36.4 Å². The molecule has 1 saturated heterocycles. The van der Waals surface area contributed by atoms with Crippen molar-refractivity contribution in [1.82, 2.24) is 10.2 Å². The van der Waals surface area contributed by atoms with E-state index in [2.05, 4.69) is 5.32 Å². The van der Waals surface area contributed by atoms with Crippen LogP contribution in [0.2, 0.25) is 0 Å². The standard InChI is InChI=1S/C22H20N2O4.ClH/c25-18(20-13-16-9-4-5-11-19(16)28-20)14-24-12-6-10-17(24)22(27)23-21(26)15-7-2-1-3-8-15;/h1-5,7-9,11,13,17H,6,10,12,14H2,(H,23,26,27);1H/t17-;/m1./s1. The lowest BCUT2D eigenvalue weighted by Crippen LogP contribution is -2.46. The number of imide groups is 1. The number of Topliss-reactive ketones (excluding diaryl/α,β-unsaturated/α-hetero) is 1. The first-order valence-corrected chi connectivity index (χ1v) is 9.28. The number of carbonyl (C=O) groups excluding carboxylic acids is 3. The lowest BCUT2D eigenvalue weighted by Gasteiger charge is -2.22. The largest absolute Gasteiger partial charge is 0.453 e. The second-order valence-electron chi connectivity index (χ2n) is 6.88. The molecule has 0 spiro atoms.